The van der Waals surface area contributed by atoms with E-state index in [4.69, 9.17) is 14.7 Å². The van der Waals surface area contributed by atoms with Crippen LogP contribution in [0.1, 0.15) is 72.2 Å². The van der Waals surface area contributed by atoms with E-state index in [1.807, 2.05) is 0 Å². The minimum Gasteiger partial charge on any atom is -0.466 e. The molecule has 0 aliphatic carbocycles. The molecule has 1 atom stereocenters. The fraction of sp³-hybridized carbons (Fsp3) is 0.458. The van der Waals surface area contributed by atoms with Crippen molar-refractivity contribution in [1.29, 1.82) is 0 Å². The van der Waals surface area contributed by atoms with Crippen LogP contribution in [0.3, 0.4) is 0 Å². The lowest BCUT2D eigenvalue weighted by atomic mass is 10.0. The van der Waals surface area contributed by atoms with Crippen LogP contribution >= 0.6 is 0 Å². The molecule has 0 aromatic rings. The maximum Gasteiger partial charge on any atom is 0.302 e. The Kier molecular flexibility index (Phi) is 27.1. The summed E-state index contributed by atoms with van der Waals surface area (Å²) in [5.74, 6) is 26.0. The van der Waals surface area contributed by atoms with Crippen molar-refractivity contribution in [2.45, 2.75) is 60.8 Å². The van der Waals surface area contributed by atoms with Gasteiger partial charge in [0.2, 0.25) is 0 Å². The fourth-order valence-electron chi connectivity index (χ4n) is 1.52. The SMILES string of the molecule is CC#CC#CC#CC#CC#CC.CC(=O)OCCC(C)CCC=C(C)C.O=O.[HH].[HH].[HH].[HH].[HH].[HH].[HH].[HH]. The van der Waals surface area contributed by atoms with Crippen molar-refractivity contribution in [1.82, 2.24) is 0 Å². The number of carbonyl (C=O) groups is 1. The molecule has 0 spiro atoms. The molecule has 1 unspecified atom stereocenters. The Balaban J connectivity index is -0.0000000300. The van der Waals surface area contributed by atoms with Crippen LogP contribution in [-0.2, 0) is 9.53 Å². The molecule has 0 fully saturated rings. The quantitative estimate of drug-likeness (QED) is 0.296. The largest absolute Gasteiger partial charge is 0.466 e. The first kappa shape index (κ1) is 29.4. The molecule has 0 aliphatic heterocycles. The molecule has 0 rings (SSSR count). The maximum absolute atomic E-state index is 10.5. The van der Waals surface area contributed by atoms with E-state index in [-0.39, 0.29) is 17.4 Å². The van der Waals surface area contributed by atoms with E-state index >= 15 is 0 Å². The zero-order valence-corrected chi connectivity index (χ0v) is 17.6. The van der Waals surface area contributed by atoms with Gasteiger partial charge in [0, 0.05) is 28.3 Å². The Morgan fingerprint density at radius 3 is 1.64 bits per heavy atom. The van der Waals surface area contributed by atoms with E-state index in [0.717, 1.165) is 12.8 Å². The van der Waals surface area contributed by atoms with Gasteiger partial charge in [0.15, 0.2) is 0 Å². The van der Waals surface area contributed by atoms with Crippen molar-refractivity contribution < 1.29 is 20.9 Å². The number of hydrogen-bond donors (Lipinski definition) is 0. The Hall–Kier alpha value is -3.39. The van der Waals surface area contributed by atoms with E-state index in [9.17, 15) is 4.79 Å². The average Bonchev–Trinajstić information content (AvgIpc) is 2.65. The number of rotatable bonds is 6. The molecule has 28 heavy (non-hydrogen) atoms. The molecule has 0 aliphatic rings. The molecule has 0 N–H and O–H groups in total. The van der Waals surface area contributed by atoms with Gasteiger partial charge in [0.05, 0.1) is 6.61 Å². The van der Waals surface area contributed by atoms with Crippen LogP contribution < -0.4 is 0 Å². The molecule has 0 aromatic heterocycles. The molecule has 0 aromatic carbocycles. The molecule has 0 saturated carbocycles. The smallest absolute Gasteiger partial charge is 0.302 e. The van der Waals surface area contributed by atoms with Crippen LogP contribution in [0.25, 0.3) is 0 Å². The Bertz CT molecular complexity index is 745. The summed E-state index contributed by atoms with van der Waals surface area (Å²) in [6, 6.07) is 0. The van der Waals surface area contributed by atoms with Crippen LogP contribution in [0.2, 0.25) is 0 Å². The van der Waals surface area contributed by atoms with Crippen molar-refractivity contribution in [3.05, 3.63) is 21.6 Å². The van der Waals surface area contributed by atoms with Crippen molar-refractivity contribution in [2.24, 2.45) is 5.92 Å². The number of hydrogen-bond acceptors (Lipinski definition) is 4. The van der Waals surface area contributed by atoms with Gasteiger partial charge in [-0.2, -0.15) is 0 Å². The first-order chi connectivity index (χ1) is 13.4. The number of esters is 1. The molecule has 0 amide bonds. The molecule has 164 valence electrons. The molecule has 0 saturated heterocycles. The number of carbonyl (C=O) groups excluding carboxylic acids is 1. The van der Waals surface area contributed by atoms with Crippen LogP contribution in [0.4, 0.5) is 0 Å². The lowest BCUT2D eigenvalue weighted by Crippen LogP contribution is -2.05. The molecular weight excluding hydrogens is 352 g/mol. The van der Waals surface area contributed by atoms with Crippen LogP contribution in [0, 0.1) is 75.1 Å². The Morgan fingerprint density at radius 2 is 1.29 bits per heavy atom. The molecular formula is C24H44O4. The minimum absolute atomic E-state index is 0. The Labute approximate surface area is 182 Å². The van der Waals surface area contributed by atoms with E-state index in [1.165, 1.54) is 18.9 Å². The third kappa shape index (κ3) is 34.0. The summed E-state index contributed by atoms with van der Waals surface area (Å²) in [6.07, 6.45) is 5.52. The lowest BCUT2D eigenvalue weighted by Gasteiger charge is -2.09. The van der Waals surface area contributed by atoms with Crippen molar-refractivity contribution in [3.63, 3.8) is 0 Å². The minimum atomic E-state index is -0.179. The molecule has 0 heterocycles. The first-order valence-electron chi connectivity index (χ1n) is 8.70. The Morgan fingerprint density at radius 1 is 0.857 bits per heavy atom. The van der Waals surface area contributed by atoms with Crippen LogP contribution in [0.15, 0.2) is 11.6 Å². The monoisotopic (exact) mass is 396 g/mol. The second-order valence-corrected chi connectivity index (χ2v) is 5.59. The van der Waals surface area contributed by atoms with Crippen molar-refractivity contribution >= 4 is 5.97 Å². The molecule has 4 heteroatoms. The van der Waals surface area contributed by atoms with Gasteiger partial charge in [-0.1, -0.05) is 30.4 Å². The average molecular weight is 397 g/mol. The second-order valence-electron chi connectivity index (χ2n) is 5.59. The number of allylic oxidation sites excluding steroid dienone is 2. The van der Waals surface area contributed by atoms with Gasteiger partial charge in [-0.05, 0) is 100 Å². The molecule has 4 nitrogen and oxygen atoms in total. The predicted octanol–water partition coefficient (Wildman–Crippen LogP) is 6.40. The normalized spacial score (nSPS) is 7.79. The second kappa shape index (κ2) is 25.8. The third-order valence-electron chi connectivity index (χ3n) is 2.82. The highest BCUT2D eigenvalue weighted by Gasteiger charge is 2.01. The summed E-state index contributed by atoms with van der Waals surface area (Å²) < 4.78 is 4.89. The van der Waals surface area contributed by atoms with E-state index in [0.29, 0.717) is 12.5 Å². The zero-order chi connectivity index (χ0) is 22.0. The fourth-order valence-corrected chi connectivity index (χ4v) is 1.52. The highest BCUT2D eigenvalue weighted by molar-refractivity contribution is 5.65. The van der Waals surface area contributed by atoms with Gasteiger partial charge in [-0.15, -0.1) is 0 Å². The van der Waals surface area contributed by atoms with Gasteiger partial charge >= 0.3 is 5.97 Å². The van der Waals surface area contributed by atoms with E-state index in [2.05, 4.69) is 86.1 Å². The maximum atomic E-state index is 10.5. The first-order valence-corrected chi connectivity index (χ1v) is 8.70. The molecule has 0 radical (unpaired) electrons. The van der Waals surface area contributed by atoms with Crippen LogP contribution in [0.5, 0.6) is 0 Å². The van der Waals surface area contributed by atoms with Gasteiger partial charge in [-0.3, -0.25) is 4.79 Å². The third-order valence-corrected chi connectivity index (χ3v) is 2.82. The van der Waals surface area contributed by atoms with Gasteiger partial charge < -0.3 is 4.74 Å². The summed E-state index contributed by atoms with van der Waals surface area (Å²) in [5, 5.41) is 0. The summed E-state index contributed by atoms with van der Waals surface area (Å²) in [4.78, 5) is 24.5. The van der Waals surface area contributed by atoms with E-state index < -0.39 is 0 Å². The van der Waals surface area contributed by atoms with Crippen molar-refractivity contribution in [2.75, 3.05) is 6.61 Å². The summed E-state index contributed by atoms with van der Waals surface area (Å²) >= 11 is 0. The summed E-state index contributed by atoms with van der Waals surface area (Å²) in [5.41, 5.74) is 1.37. The van der Waals surface area contributed by atoms with Crippen LogP contribution in [-0.4, -0.2) is 12.6 Å². The number of ether oxygens (including phenoxy) is 1. The highest BCUT2D eigenvalue weighted by atomic mass is 16.7. The predicted molar refractivity (Wildman–Crippen MR) is 133 cm³/mol. The summed E-state index contributed by atoms with van der Waals surface area (Å²) in [6.45, 7) is 11.9. The van der Waals surface area contributed by atoms with Crippen molar-refractivity contribution in [3.8, 4) is 59.2 Å². The van der Waals surface area contributed by atoms with Gasteiger partial charge in [0.25, 0.3) is 0 Å². The van der Waals surface area contributed by atoms with Gasteiger partial charge in [0.1, 0.15) is 0 Å². The van der Waals surface area contributed by atoms with Gasteiger partial charge in [-0.25, -0.2) is 0 Å². The standard InChI is InChI=1S/C12H22O2.C12H6.O2.8H2/c1-10(2)6-5-7-11(3)8-9-14-12(4)13;1-3-5-7-9-11-12-10-8-6-4-2;1-2;;;;;;;;/h6,11H,5,7-9H2,1-4H3;1-2H3;;8*1H. The zero-order valence-electron chi connectivity index (χ0n) is 17.6. The summed E-state index contributed by atoms with van der Waals surface area (Å²) in [7, 11) is 0. The van der Waals surface area contributed by atoms with E-state index in [1.54, 1.807) is 13.8 Å². The topological polar surface area (TPSA) is 60.4 Å². The highest BCUT2D eigenvalue weighted by Crippen LogP contribution is 2.11. The molecule has 0 bridgehead atoms. The lowest BCUT2D eigenvalue weighted by molar-refractivity contribution is -0.141.